The highest BCUT2D eigenvalue weighted by Gasteiger charge is 2.48. The van der Waals surface area contributed by atoms with Gasteiger partial charge in [0.05, 0.1) is 17.5 Å². The Morgan fingerprint density at radius 2 is 1.48 bits per heavy atom. The van der Waals surface area contributed by atoms with Crippen LogP contribution >= 0.6 is 0 Å². The van der Waals surface area contributed by atoms with Crippen LogP contribution in [-0.2, 0) is 25.6 Å². The highest BCUT2D eigenvalue weighted by Crippen LogP contribution is 2.34. The highest BCUT2D eigenvalue weighted by atomic mass is 16.2. The SMILES string of the molecule is O=C1CC(C2CC(=O)N(c3ccc(Cc4ccccc4)cc3)C2=O)C(=O)N1. The normalized spacial score (nSPS) is 22.4. The van der Waals surface area contributed by atoms with Gasteiger partial charge in [-0.1, -0.05) is 42.5 Å². The summed E-state index contributed by atoms with van der Waals surface area (Å²) in [5.74, 6) is -3.14. The van der Waals surface area contributed by atoms with E-state index in [0.29, 0.717) is 5.69 Å². The summed E-state index contributed by atoms with van der Waals surface area (Å²) < 4.78 is 0. The molecule has 2 heterocycles. The van der Waals surface area contributed by atoms with E-state index in [1.807, 2.05) is 42.5 Å². The molecule has 6 nitrogen and oxygen atoms in total. The summed E-state index contributed by atoms with van der Waals surface area (Å²) in [5.41, 5.74) is 2.74. The number of carbonyl (C=O) groups is 4. The van der Waals surface area contributed by atoms with Gasteiger partial charge < -0.3 is 0 Å². The summed E-state index contributed by atoms with van der Waals surface area (Å²) in [6.07, 6.45) is 0.679. The molecule has 1 N–H and O–H groups in total. The van der Waals surface area contributed by atoms with Gasteiger partial charge in [-0.2, -0.15) is 0 Å². The van der Waals surface area contributed by atoms with Crippen molar-refractivity contribution in [3.63, 3.8) is 0 Å². The van der Waals surface area contributed by atoms with Crippen LogP contribution in [0.3, 0.4) is 0 Å². The van der Waals surface area contributed by atoms with Crippen LogP contribution in [0.5, 0.6) is 0 Å². The van der Waals surface area contributed by atoms with Gasteiger partial charge in [0.15, 0.2) is 0 Å². The Bertz CT molecular complexity index is 921. The van der Waals surface area contributed by atoms with Gasteiger partial charge in [-0.25, -0.2) is 0 Å². The largest absolute Gasteiger partial charge is 0.296 e. The van der Waals surface area contributed by atoms with E-state index in [9.17, 15) is 19.2 Å². The maximum atomic E-state index is 12.7. The maximum absolute atomic E-state index is 12.7. The van der Waals surface area contributed by atoms with Crippen LogP contribution in [0.4, 0.5) is 5.69 Å². The topological polar surface area (TPSA) is 83.6 Å². The Hall–Kier alpha value is -3.28. The van der Waals surface area contributed by atoms with Crippen LogP contribution in [0.25, 0.3) is 0 Å². The van der Waals surface area contributed by atoms with Crippen molar-refractivity contribution in [2.45, 2.75) is 19.3 Å². The Balaban J connectivity index is 1.51. The van der Waals surface area contributed by atoms with Gasteiger partial charge >= 0.3 is 0 Å². The van der Waals surface area contributed by atoms with Crippen LogP contribution in [0.2, 0.25) is 0 Å². The molecule has 0 aliphatic carbocycles. The minimum Gasteiger partial charge on any atom is -0.296 e. The van der Waals surface area contributed by atoms with Gasteiger partial charge in [0.2, 0.25) is 23.6 Å². The zero-order chi connectivity index (χ0) is 19.0. The lowest BCUT2D eigenvalue weighted by atomic mass is 9.89. The molecule has 2 aliphatic rings. The Kier molecular flexibility index (Phi) is 4.32. The van der Waals surface area contributed by atoms with Crippen molar-refractivity contribution >= 4 is 29.3 Å². The highest BCUT2D eigenvalue weighted by molar-refractivity contribution is 6.22. The van der Waals surface area contributed by atoms with Crippen LogP contribution in [-0.4, -0.2) is 23.6 Å². The fourth-order valence-corrected chi connectivity index (χ4v) is 3.73. The third kappa shape index (κ3) is 3.26. The number of amides is 4. The van der Waals surface area contributed by atoms with E-state index < -0.39 is 29.6 Å². The lowest BCUT2D eigenvalue weighted by molar-refractivity contribution is -0.130. The van der Waals surface area contributed by atoms with E-state index in [4.69, 9.17) is 0 Å². The minimum absolute atomic E-state index is 0.0353. The molecule has 2 aromatic carbocycles. The summed E-state index contributed by atoms with van der Waals surface area (Å²) in [6.45, 7) is 0. The quantitative estimate of drug-likeness (QED) is 0.841. The van der Waals surface area contributed by atoms with Crippen molar-refractivity contribution < 1.29 is 19.2 Å². The molecule has 0 saturated carbocycles. The molecule has 4 amide bonds. The third-order valence-electron chi connectivity index (χ3n) is 5.12. The molecule has 0 bridgehead atoms. The Morgan fingerprint density at radius 1 is 0.815 bits per heavy atom. The van der Waals surface area contributed by atoms with Crippen molar-refractivity contribution in [1.82, 2.24) is 5.32 Å². The fourth-order valence-electron chi connectivity index (χ4n) is 3.73. The molecular weight excluding hydrogens is 344 g/mol. The molecule has 2 aromatic rings. The first kappa shape index (κ1) is 17.1. The number of nitrogens with one attached hydrogen (secondary N) is 1. The molecule has 136 valence electrons. The van der Waals surface area contributed by atoms with E-state index >= 15 is 0 Å². The fraction of sp³-hybridized carbons (Fsp3) is 0.238. The summed E-state index contributed by atoms with van der Waals surface area (Å²) in [6, 6.07) is 17.3. The second-order valence-corrected chi connectivity index (χ2v) is 6.93. The van der Waals surface area contributed by atoms with E-state index in [2.05, 4.69) is 5.32 Å². The molecule has 2 saturated heterocycles. The van der Waals surface area contributed by atoms with Crippen LogP contribution < -0.4 is 10.2 Å². The number of imide groups is 2. The summed E-state index contributed by atoms with van der Waals surface area (Å²) in [5, 5.41) is 2.20. The number of carbonyl (C=O) groups excluding carboxylic acids is 4. The van der Waals surface area contributed by atoms with Crippen molar-refractivity contribution in [3.8, 4) is 0 Å². The minimum atomic E-state index is -0.770. The van der Waals surface area contributed by atoms with E-state index in [1.165, 1.54) is 5.56 Å². The molecule has 0 spiro atoms. The zero-order valence-electron chi connectivity index (χ0n) is 14.6. The number of rotatable bonds is 4. The number of hydrogen-bond acceptors (Lipinski definition) is 4. The van der Waals surface area contributed by atoms with Gasteiger partial charge in [0.1, 0.15) is 0 Å². The van der Waals surface area contributed by atoms with E-state index in [0.717, 1.165) is 16.9 Å². The predicted octanol–water partition coefficient (Wildman–Crippen LogP) is 1.82. The second kappa shape index (κ2) is 6.79. The molecule has 4 rings (SSSR count). The van der Waals surface area contributed by atoms with Crippen molar-refractivity contribution in [2.24, 2.45) is 11.8 Å². The average Bonchev–Trinajstić information content (AvgIpc) is 3.14. The molecule has 2 fully saturated rings. The second-order valence-electron chi connectivity index (χ2n) is 6.93. The Morgan fingerprint density at radius 3 is 2.11 bits per heavy atom. The first-order valence-electron chi connectivity index (χ1n) is 8.86. The van der Waals surface area contributed by atoms with Crippen molar-refractivity contribution in [3.05, 3.63) is 65.7 Å². The summed E-state index contributed by atoms with van der Waals surface area (Å²) in [4.78, 5) is 49.6. The number of anilines is 1. The average molecular weight is 362 g/mol. The van der Waals surface area contributed by atoms with Gasteiger partial charge in [0, 0.05) is 12.8 Å². The molecule has 2 atom stereocenters. The monoisotopic (exact) mass is 362 g/mol. The van der Waals surface area contributed by atoms with Crippen molar-refractivity contribution in [1.29, 1.82) is 0 Å². The van der Waals surface area contributed by atoms with Gasteiger partial charge in [-0.05, 0) is 29.7 Å². The Labute approximate surface area is 156 Å². The first-order chi connectivity index (χ1) is 13.0. The van der Waals surface area contributed by atoms with Gasteiger partial charge in [0.25, 0.3) is 0 Å². The predicted molar refractivity (Wildman–Crippen MR) is 97.5 cm³/mol. The molecule has 2 aliphatic heterocycles. The van der Waals surface area contributed by atoms with Crippen LogP contribution in [0.1, 0.15) is 24.0 Å². The van der Waals surface area contributed by atoms with Crippen LogP contribution in [0.15, 0.2) is 54.6 Å². The van der Waals surface area contributed by atoms with E-state index in [-0.39, 0.29) is 18.7 Å². The van der Waals surface area contributed by atoms with Gasteiger partial charge in [-0.3, -0.25) is 29.4 Å². The zero-order valence-corrected chi connectivity index (χ0v) is 14.6. The molecule has 27 heavy (non-hydrogen) atoms. The molecule has 0 aromatic heterocycles. The molecular formula is C21H18N2O4. The third-order valence-corrected chi connectivity index (χ3v) is 5.12. The summed E-state index contributed by atoms with van der Waals surface area (Å²) >= 11 is 0. The summed E-state index contributed by atoms with van der Waals surface area (Å²) in [7, 11) is 0. The smallest absolute Gasteiger partial charge is 0.238 e. The lowest BCUT2D eigenvalue weighted by Crippen LogP contribution is -2.34. The number of benzene rings is 2. The maximum Gasteiger partial charge on any atom is 0.238 e. The van der Waals surface area contributed by atoms with E-state index in [1.54, 1.807) is 12.1 Å². The van der Waals surface area contributed by atoms with Crippen LogP contribution in [0, 0.1) is 11.8 Å². The standard InChI is InChI=1S/C21H18N2O4/c24-18-11-16(20(26)22-18)17-12-19(25)23(21(17)27)15-8-6-14(7-9-15)10-13-4-2-1-3-5-13/h1-9,16-17H,10-12H2,(H,22,24,26). The molecule has 0 radical (unpaired) electrons. The lowest BCUT2D eigenvalue weighted by Gasteiger charge is -2.17. The first-order valence-corrected chi connectivity index (χ1v) is 8.86. The number of hydrogen-bond donors (Lipinski definition) is 1. The number of nitrogens with zero attached hydrogens (tertiary/aromatic N) is 1. The van der Waals surface area contributed by atoms with Crippen molar-refractivity contribution in [2.75, 3.05) is 4.90 Å². The van der Waals surface area contributed by atoms with Gasteiger partial charge in [-0.15, -0.1) is 0 Å². The molecule has 2 unspecified atom stereocenters. The molecule has 6 heteroatoms.